The molecule has 0 unspecified atom stereocenters. The zero-order chi connectivity index (χ0) is 15.3. The van der Waals surface area contributed by atoms with Crippen LogP contribution >= 0.6 is 0 Å². The minimum Gasteiger partial charge on any atom is -0.346 e. The third kappa shape index (κ3) is 3.85. The van der Waals surface area contributed by atoms with Gasteiger partial charge in [-0.1, -0.05) is 6.92 Å². The van der Waals surface area contributed by atoms with Gasteiger partial charge in [-0.15, -0.1) is 0 Å². The molecule has 2 aromatic rings. The molecule has 0 saturated carbocycles. The normalized spacial score (nSPS) is 11.1. The average molecular weight is 305 g/mol. The summed E-state index contributed by atoms with van der Waals surface area (Å²) in [5, 5.41) is 2.70. The number of aromatic nitrogens is 2. The van der Waals surface area contributed by atoms with Gasteiger partial charge < -0.3 is 5.32 Å². The van der Waals surface area contributed by atoms with Crippen LogP contribution in [-0.4, -0.2) is 30.0 Å². The molecule has 0 aliphatic carbocycles. The Kier molecular flexibility index (Phi) is 4.64. The van der Waals surface area contributed by atoms with E-state index in [0.717, 1.165) is 0 Å². The van der Waals surface area contributed by atoms with Gasteiger partial charge in [-0.3, -0.25) is 14.8 Å². The van der Waals surface area contributed by atoms with Gasteiger partial charge in [-0.2, -0.15) is 0 Å². The highest BCUT2D eigenvalue weighted by Gasteiger charge is 2.12. The van der Waals surface area contributed by atoms with Crippen molar-refractivity contribution in [1.82, 2.24) is 15.3 Å². The average Bonchev–Trinajstić information content (AvgIpc) is 2.54. The van der Waals surface area contributed by atoms with Gasteiger partial charge in [0.2, 0.25) is 0 Å². The van der Waals surface area contributed by atoms with Crippen molar-refractivity contribution in [1.29, 1.82) is 0 Å². The standard InChI is InChI=1S/C14H15N3O3S/c1-2-21(19,20)13-6-5-12(16-10-13)9-17-14(18)11-4-3-7-15-8-11/h3-8,10H,2,9H2,1H3,(H,17,18). The summed E-state index contributed by atoms with van der Waals surface area (Å²) in [6.45, 7) is 1.80. The van der Waals surface area contributed by atoms with Crippen LogP contribution in [0.2, 0.25) is 0 Å². The molecule has 1 amide bonds. The van der Waals surface area contributed by atoms with Gasteiger partial charge in [0.05, 0.1) is 28.5 Å². The summed E-state index contributed by atoms with van der Waals surface area (Å²) in [6, 6.07) is 6.42. The van der Waals surface area contributed by atoms with E-state index in [1.165, 1.54) is 18.5 Å². The quantitative estimate of drug-likeness (QED) is 0.896. The predicted octanol–water partition coefficient (Wildman–Crippen LogP) is 1.20. The lowest BCUT2D eigenvalue weighted by Gasteiger charge is -2.05. The van der Waals surface area contributed by atoms with Crippen molar-refractivity contribution in [3.63, 3.8) is 0 Å². The maximum atomic E-state index is 11.8. The highest BCUT2D eigenvalue weighted by molar-refractivity contribution is 7.91. The van der Waals surface area contributed by atoms with Gasteiger partial charge in [0.25, 0.3) is 5.91 Å². The number of amides is 1. The Hall–Kier alpha value is -2.28. The molecule has 0 saturated heterocycles. The summed E-state index contributed by atoms with van der Waals surface area (Å²) in [6.07, 6.45) is 4.37. The summed E-state index contributed by atoms with van der Waals surface area (Å²) in [4.78, 5) is 19.9. The number of pyridine rings is 2. The minimum atomic E-state index is -3.25. The van der Waals surface area contributed by atoms with Crippen LogP contribution in [0.1, 0.15) is 23.0 Å². The van der Waals surface area contributed by atoms with Gasteiger partial charge in [0.1, 0.15) is 0 Å². The summed E-state index contributed by atoms with van der Waals surface area (Å²) < 4.78 is 23.3. The molecular weight excluding hydrogens is 290 g/mol. The van der Waals surface area contributed by atoms with E-state index in [-0.39, 0.29) is 23.1 Å². The summed E-state index contributed by atoms with van der Waals surface area (Å²) in [5.41, 5.74) is 1.05. The van der Waals surface area contributed by atoms with Gasteiger partial charge >= 0.3 is 0 Å². The fourth-order valence-electron chi connectivity index (χ4n) is 1.64. The van der Waals surface area contributed by atoms with Crippen molar-refractivity contribution in [3.8, 4) is 0 Å². The first-order chi connectivity index (χ1) is 10.0. The van der Waals surface area contributed by atoms with E-state index in [9.17, 15) is 13.2 Å². The van der Waals surface area contributed by atoms with Gasteiger partial charge in [-0.25, -0.2) is 8.42 Å². The first-order valence-electron chi connectivity index (χ1n) is 6.39. The minimum absolute atomic E-state index is 0.0335. The predicted molar refractivity (Wildman–Crippen MR) is 77.4 cm³/mol. The number of nitrogens with zero attached hydrogens (tertiary/aromatic N) is 2. The monoisotopic (exact) mass is 305 g/mol. The lowest BCUT2D eigenvalue weighted by atomic mass is 10.2. The van der Waals surface area contributed by atoms with Crippen LogP contribution in [-0.2, 0) is 16.4 Å². The largest absolute Gasteiger partial charge is 0.346 e. The van der Waals surface area contributed by atoms with Crippen LogP contribution < -0.4 is 5.32 Å². The third-order valence-corrected chi connectivity index (χ3v) is 4.61. The Labute approximate surface area is 123 Å². The SMILES string of the molecule is CCS(=O)(=O)c1ccc(CNC(=O)c2cccnc2)nc1. The summed E-state index contributed by atoms with van der Waals surface area (Å²) >= 11 is 0. The molecule has 2 rings (SSSR count). The van der Waals surface area contributed by atoms with E-state index >= 15 is 0 Å². The Balaban J connectivity index is 2.00. The molecule has 2 aromatic heterocycles. The number of carbonyl (C=O) groups excluding carboxylic acids is 1. The van der Waals surface area contributed by atoms with Crippen molar-refractivity contribution in [2.75, 3.05) is 5.75 Å². The molecule has 0 aliphatic heterocycles. The number of nitrogens with one attached hydrogen (secondary N) is 1. The second-order valence-electron chi connectivity index (χ2n) is 4.31. The second kappa shape index (κ2) is 6.45. The fraction of sp³-hybridized carbons (Fsp3) is 0.214. The summed E-state index contributed by atoms with van der Waals surface area (Å²) in [5.74, 6) is -0.221. The fourth-order valence-corrected chi connectivity index (χ4v) is 2.46. The molecule has 21 heavy (non-hydrogen) atoms. The van der Waals surface area contributed by atoms with Crippen LogP contribution in [0.4, 0.5) is 0 Å². The smallest absolute Gasteiger partial charge is 0.253 e. The van der Waals surface area contributed by atoms with Gasteiger partial charge in [-0.05, 0) is 24.3 Å². The molecule has 110 valence electrons. The zero-order valence-electron chi connectivity index (χ0n) is 11.5. The Morgan fingerprint density at radius 3 is 2.62 bits per heavy atom. The number of carbonyl (C=O) groups is 1. The van der Waals surface area contributed by atoms with E-state index < -0.39 is 9.84 Å². The Morgan fingerprint density at radius 1 is 1.24 bits per heavy atom. The van der Waals surface area contributed by atoms with E-state index in [4.69, 9.17) is 0 Å². The molecule has 2 heterocycles. The van der Waals surface area contributed by atoms with E-state index in [1.807, 2.05) is 0 Å². The molecule has 1 N–H and O–H groups in total. The van der Waals surface area contributed by atoms with E-state index in [0.29, 0.717) is 11.3 Å². The molecule has 0 fully saturated rings. The molecule has 0 bridgehead atoms. The van der Waals surface area contributed by atoms with E-state index in [2.05, 4.69) is 15.3 Å². The maximum Gasteiger partial charge on any atom is 0.253 e. The van der Waals surface area contributed by atoms with Crippen molar-refractivity contribution in [2.45, 2.75) is 18.4 Å². The topological polar surface area (TPSA) is 89.0 Å². The molecule has 0 aliphatic rings. The van der Waals surface area contributed by atoms with Crippen LogP contribution in [0, 0.1) is 0 Å². The molecule has 7 heteroatoms. The third-order valence-electron chi connectivity index (χ3n) is 2.89. The Morgan fingerprint density at radius 2 is 2.05 bits per heavy atom. The van der Waals surface area contributed by atoms with Crippen molar-refractivity contribution in [3.05, 3.63) is 54.1 Å². The van der Waals surface area contributed by atoms with E-state index in [1.54, 1.807) is 31.3 Å². The van der Waals surface area contributed by atoms with Crippen molar-refractivity contribution < 1.29 is 13.2 Å². The van der Waals surface area contributed by atoms with Crippen LogP contribution in [0.5, 0.6) is 0 Å². The Bertz CT molecular complexity index is 713. The van der Waals surface area contributed by atoms with Crippen LogP contribution in [0.15, 0.2) is 47.8 Å². The highest BCUT2D eigenvalue weighted by Crippen LogP contribution is 2.09. The maximum absolute atomic E-state index is 11.8. The van der Waals surface area contributed by atoms with Crippen molar-refractivity contribution in [2.24, 2.45) is 0 Å². The molecule has 0 radical (unpaired) electrons. The van der Waals surface area contributed by atoms with Crippen LogP contribution in [0.3, 0.4) is 0 Å². The molecule has 6 nitrogen and oxygen atoms in total. The lowest BCUT2D eigenvalue weighted by molar-refractivity contribution is 0.0950. The number of rotatable bonds is 5. The number of hydrogen-bond donors (Lipinski definition) is 1. The first-order valence-corrected chi connectivity index (χ1v) is 8.04. The first kappa shape index (κ1) is 15.1. The number of sulfone groups is 1. The second-order valence-corrected chi connectivity index (χ2v) is 6.59. The van der Waals surface area contributed by atoms with Gasteiger partial charge in [0.15, 0.2) is 9.84 Å². The van der Waals surface area contributed by atoms with Gasteiger partial charge in [0, 0.05) is 18.6 Å². The molecular formula is C14H15N3O3S. The van der Waals surface area contributed by atoms with Crippen molar-refractivity contribution >= 4 is 15.7 Å². The van der Waals surface area contributed by atoms with Crippen LogP contribution in [0.25, 0.3) is 0 Å². The lowest BCUT2D eigenvalue weighted by Crippen LogP contribution is -2.23. The highest BCUT2D eigenvalue weighted by atomic mass is 32.2. The molecule has 0 aromatic carbocycles. The number of hydrogen-bond acceptors (Lipinski definition) is 5. The summed E-state index contributed by atoms with van der Waals surface area (Å²) in [7, 11) is -3.25. The zero-order valence-corrected chi connectivity index (χ0v) is 12.3. The molecule has 0 spiro atoms. The molecule has 0 atom stereocenters.